The molecule has 0 aliphatic rings. The number of hydrogen-bond donors (Lipinski definition) is 4. The summed E-state index contributed by atoms with van der Waals surface area (Å²) in [4.78, 5) is 23.8. The molecule has 9 heteroatoms. The molecule has 4 N–H and O–H groups in total. The molecule has 2 aromatic rings. The average molecular weight is 721 g/mol. The monoisotopic (exact) mass is 720 g/mol. The first kappa shape index (κ1) is 44.1. The van der Waals surface area contributed by atoms with Crippen LogP contribution >= 0.6 is 0 Å². The number of rotatable bonds is 25. The minimum atomic E-state index is -0.892. The minimum Gasteiger partial charge on any atom is -0.481 e. The summed E-state index contributed by atoms with van der Waals surface area (Å²) in [5.74, 6) is 11.8. The average Bonchev–Trinajstić information content (AvgIpc) is 3.76. The van der Waals surface area contributed by atoms with Crippen molar-refractivity contribution in [2.45, 2.75) is 154 Å². The molecular weight excluding hydrogens is 660 g/mol. The highest BCUT2D eigenvalue weighted by atomic mass is 16.5. The Kier molecular flexibility index (Phi) is 22.7. The fourth-order valence-corrected chi connectivity index (χ4v) is 5.29. The van der Waals surface area contributed by atoms with E-state index in [9.17, 15) is 24.9 Å². The van der Waals surface area contributed by atoms with Gasteiger partial charge in [-0.3, -0.25) is 9.59 Å². The lowest BCUT2D eigenvalue weighted by Gasteiger charge is -2.16. The predicted molar refractivity (Wildman–Crippen MR) is 202 cm³/mol. The van der Waals surface area contributed by atoms with Gasteiger partial charge >= 0.3 is 11.9 Å². The van der Waals surface area contributed by atoms with Crippen LogP contribution in [-0.4, -0.2) is 56.8 Å². The van der Waals surface area contributed by atoms with E-state index in [-0.39, 0.29) is 19.3 Å². The van der Waals surface area contributed by atoms with E-state index in [4.69, 9.17) is 18.7 Å². The number of allylic oxidation sites excluding steroid dienone is 2. The van der Waals surface area contributed by atoms with Gasteiger partial charge in [-0.15, -0.1) is 0 Å². The Morgan fingerprint density at radius 1 is 0.731 bits per heavy atom. The molecule has 0 saturated heterocycles. The van der Waals surface area contributed by atoms with Gasteiger partial charge in [0.05, 0.1) is 18.1 Å². The number of carboxylic acids is 1. The van der Waals surface area contributed by atoms with Crippen LogP contribution in [0.25, 0.3) is 0 Å². The summed E-state index contributed by atoms with van der Waals surface area (Å²) < 4.78 is 17.3. The molecule has 0 bridgehead atoms. The number of carbonyl (C=O) groups excluding carboxylic acids is 1. The molecule has 0 saturated carbocycles. The normalized spacial score (nSPS) is 14.3. The van der Waals surface area contributed by atoms with Gasteiger partial charge in [-0.2, -0.15) is 0 Å². The molecular formula is C43H60O9. The number of ether oxygens (including phenoxy) is 1. The maximum atomic E-state index is 13.1. The van der Waals surface area contributed by atoms with Gasteiger partial charge in [0, 0.05) is 32.1 Å². The van der Waals surface area contributed by atoms with Gasteiger partial charge in [-0.05, 0) is 93.4 Å². The summed E-state index contributed by atoms with van der Waals surface area (Å²) in [6, 6.07) is 6.91. The third-order valence-corrected chi connectivity index (χ3v) is 8.43. The van der Waals surface area contributed by atoms with Crippen molar-refractivity contribution in [2.75, 3.05) is 0 Å². The second-order valence-electron chi connectivity index (χ2n) is 13.4. The van der Waals surface area contributed by atoms with E-state index in [1.165, 1.54) is 12.8 Å². The summed E-state index contributed by atoms with van der Waals surface area (Å²) in [7, 11) is 0. The maximum absolute atomic E-state index is 13.1. The topological polar surface area (TPSA) is 151 Å². The Bertz CT molecular complexity index is 1470. The molecule has 0 aromatic carbocycles. The zero-order valence-corrected chi connectivity index (χ0v) is 31.4. The lowest BCUT2D eigenvalue weighted by Crippen LogP contribution is -2.23. The first-order chi connectivity index (χ1) is 25.1. The number of aliphatic hydroxyl groups excluding tert-OH is 3. The van der Waals surface area contributed by atoms with E-state index in [2.05, 4.69) is 49.7 Å². The number of carboxylic acid groups (broad SMARTS) is 1. The van der Waals surface area contributed by atoms with Crippen LogP contribution in [-0.2, 0) is 27.2 Å². The van der Waals surface area contributed by atoms with Crippen LogP contribution < -0.4 is 0 Å². The number of aliphatic hydroxyl groups is 3. The maximum Gasteiger partial charge on any atom is 0.309 e. The van der Waals surface area contributed by atoms with E-state index in [1.54, 1.807) is 31.2 Å². The summed E-state index contributed by atoms with van der Waals surface area (Å²) in [5, 5.41) is 39.8. The number of aliphatic carboxylic acids is 1. The second kappa shape index (κ2) is 26.7. The van der Waals surface area contributed by atoms with Crippen LogP contribution in [0, 0.1) is 29.6 Å². The SMILES string of the molecule is CCCCCC=CCC(C#Cc1ccc(CC(O)CCCC(=O)O)o1)OC(=O)C(C)CCC(O)Cc1ccc(C#CC(O)C/C=C\CCCCC)o1. The van der Waals surface area contributed by atoms with Crippen molar-refractivity contribution in [3.63, 3.8) is 0 Å². The molecule has 52 heavy (non-hydrogen) atoms. The summed E-state index contributed by atoms with van der Waals surface area (Å²) in [6.45, 7) is 6.09. The third-order valence-electron chi connectivity index (χ3n) is 8.43. The van der Waals surface area contributed by atoms with Gasteiger partial charge in [0.15, 0.2) is 17.6 Å². The van der Waals surface area contributed by atoms with E-state index >= 15 is 0 Å². The first-order valence-electron chi connectivity index (χ1n) is 19.1. The van der Waals surface area contributed by atoms with Crippen LogP contribution in [0.15, 0.2) is 57.4 Å². The lowest BCUT2D eigenvalue weighted by molar-refractivity contribution is -0.151. The number of hydrogen-bond acceptors (Lipinski definition) is 8. The highest BCUT2D eigenvalue weighted by Crippen LogP contribution is 2.18. The largest absolute Gasteiger partial charge is 0.481 e. The van der Waals surface area contributed by atoms with E-state index in [1.807, 2.05) is 12.2 Å². The molecule has 0 radical (unpaired) electrons. The van der Waals surface area contributed by atoms with E-state index in [0.717, 1.165) is 38.5 Å². The predicted octanol–water partition coefficient (Wildman–Crippen LogP) is 8.08. The molecule has 2 aromatic heterocycles. The fraction of sp³-hybridized carbons (Fsp3) is 0.581. The molecule has 5 unspecified atom stereocenters. The molecule has 2 heterocycles. The van der Waals surface area contributed by atoms with Crippen molar-refractivity contribution >= 4 is 11.9 Å². The Morgan fingerprint density at radius 3 is 1.87 bits per heavy atom. The van der Waals surface area contributed by atoms with Gasteiger partial charge < -0.3 is 34.0 Å². The van der Waals surface area contributed by atoms with Crippen LogP contribution in [0.5, 0.6) is 0 Å². The summed E-state index contributed by atoms with van der Waals surface area (Å²) in [6.07, 6.45) is 17.0. The number of unbranched alkanes of at least 4 members (excludes halogenated alkanes) is 6. The molecule has 286 valence electrons. The number of furan rings is 2. The van der Waals surface area contributed by atoms with Gasteiger partial charge in [-0.1, -0.05) is 76.7 Å². The fourth-order valence-electron chi connectivity index (χ4n) is 5.29. The Morgan fingerprint density at radius 2 is 1.29 bits per heavy atom. The Labute approximate surface area is 310 Å². The molecule has 5 atom stereocenters. The summed E-state index contributed by atoms with van der Waals surface area (Å²) in [5.41, 5.74) is 0. The lowest BCUT2D eigenvalue weighted by atomic mass is 10.0. The summed E-state index contributed by atoms with van der Waals surface area (Å²) >= 11 is 0. The van der Waals surface area contributed by atoms with Gasteiger partial charge in [-0.25, -0.2) is 0 Å². The van der Waals surface area contributed by atoms with Gasteiger partial charge in [0.2, 0.25) is 0 Å². The van der Waals surface area contributed by atoms with Crippen LogP contribution in [0.1, 0.15) is 140 Å². The standard InChI is InChI=1S/C43H60O9/c1-4-6-8-10-12-14-17-34(44)23-24-38-27-29-41(50-38)32-36(46)22-21-33(3)43(49)52-37(19-15-13-11-9-7-5-2)25-26-39-28-30-40(51-39)31-35(45)18-16-20-42(47)48/h12-15,27-30,33-37,44-46H,4-11,16-22,31-32H2,1-3H3,(H,47,48)/b14-12-,15-13?. The highest BCUT2D eigenvalue weighted by molar-refractivity contribution is 5.72. The van der Waals surface area contributed by atoms with Gasteiger partial charge in [0.1, 0.15) is 17.6 Å². The van der Waals surface area contributed by atoms with Crippen molar-refractivity contribution in [1.29, 1.82) is 0 Å². The number of esters is 1. The van der Waals surface area contributed by atoms with Crippen molar-refractivity contribution in [3.05, 3.63) is 71.6 Å². The zero-order valence-electron chi connectivity index (χ0n) is 31.4. The molecule has 0 amide bonds. The van der Waals surface area contributed by atoms with Crippen molar-refractivity contribution in [2.24, 2.45) is 5.92 Å². The molecule has 0 aliphatic carbocycles. The smallest absolute Gasteiger partial charge is 0.309 e. The molecule has 0 aliphatic heterocycles. The molecule has 0 fully saturated rings. The highest BCUT2D eigenvalue weighted by Gasteiger charge is 2.20. The van der Waals surface area contributed by atoms with Crippen molar-refractivity contribution in [3.8, 4) is 23.7 Å². The van der Waals surface area contributed by atoms with Crippen LogP contribution in [0.3, 0.4) is 0 Å². The van der Waals surface area contributed by atoms with Gasteiger partial charge in [0.25, 0.3) is 0 Å². The van der Waals surface area contributed by atoms with E-state index < -0.39 is 42.3 Å². The van der Waals surface area contributed by atoms with E-state index in [0.29, 0.717) is 61.6 Å². The Balaban J connectivity index is 1.89. The van der Waals surface area contributed by atoms with Crippen LogP contribution in [0.2, 0.25) is 0 Å². The van der Waals surface area contributed by atoms with Crippen molar-refractivity contribution in [1.82, 2.24) is 0 Å². The Hall–Kier alpha value is -4.02. The zero-order chi connectivity index (χ0) is 38.0. The minimum absolute atomic E-state index is 0.00508. The molecule has 0 spiro atoms. The first-order valence-corrected chi connectivity index (χ1v) is 19.1. The molecule has 9 nitrogen and oxygen atoms in total. The molecule has 2 rings (SSSR count). The second-order valence-corrected chi connectivity index (χ2v) is 13.4. The van der Waals surface area contributed by atoms with Crippen LogP contribution in [0.4, 0.5) is 0 Å². The quantitative estimate of drug-likeness (QED) is 0.0346. The van der Waals surface area contributed by atoms with Crippen molar-refractivity contribution < 1.29 is 43.6 Å². The number of carbonyl (C=O) groups is 2. The third kappa shape index (κ3) is 20.7.